The Morgan fingerprint density at radius 1 is 0.895 bits per heavy atom. The standard InChI is InChI=1S/C17H17NO/c19-12-6-11-18-16-10-5-4-9-15(16)13-17(18)14-7-2-1-3-8-14/h1-5,7-10,13,19H,6,11-12H2. The van der Waals surface area contributed by atoms with Gasteiger partial charge in [-0.3, -0.25) is 0 Å². The summed E-state index contributed by atoms with van der Waals surface area (Å²) in [4.78, 5) is 0. The second-order valence-electron chi connectivity index (χ2n) is 4.68. The highest BCUT2D eigenvalue weighted by atomic mass is 16.3. The Morgan fingerprint density at radius 2 is 1.63 bits per heavy atom. The van der Waals surface area contributed by atoms with E-state index in [2.05, 4.69) is 59.2 Å². The Labute approximate surface area is 112 Å². The van der Waals surface area contributed by atoms with Crippen molar-refractivity contribution < 1.29 is 5.11 Å². The fourth-order valence-corrected chi connectivity index (χ4v) is 2.53. The third kappa shape index (κ3) is 2.27. The Morgan fingerprint density at radius 3 is 2.42 bits per heavy atom. The monoisotopic (exact) mass is 251 g/mol. The predicted octanol–water partition coefficient (Wildman–Crippen LogP) is 3.69. The van der Waals surface area contributed by atoms with Gasteiger partial charge < -0.3 is 9.67 Å². The lowest BCUT2D eigenvalue weighted by Gasteiger charge is -2.10. The highest BCUT2D eigenvalue weighted by molar-refractivity contribution is 5.87. The van der Waals surface area contributed by atoms with E-state index in [1.807, 2.05) is 6.07 Å². The molecule has 0 unspecified atom stereocenters. The highest BCUT2D eigenvalue weighted by Gasteiger charge is 2.09. The maximum Gasteiger partial charge on any atom is 0.0491 e. The first kappa shape index (κ1) is 12.0. The van der Waals surface area contributed by atoms with Crippen molar-refractivity contribution in [2.75, 3.05) is 6.61 Å². The van der Waals surface area contributed by atoms with Crippen molar-refractivity contribution in [1.29, 1.82) is 0 Å². The first-order valence-electron chi connectivity index (χ1n) is 6.65. The number of aryl methyl sites for hydroxylation is 1. The molecule has 0 fully saturated rings. The van der Waals surface area contributed by atoms with Crippen LogP contribution in [0.25, 0.3) is 22.2 Å². The van der Waals surface area contributed by atoms with Crippen molar-refractivity contribution in [3.8, 4) is 11.3 Å². The molecule has 0 amide bonds. The van der Waals surface area contributed by atoms with E-state index in [1.165, 1.54) is 22.2 Å². The van der Waals surface area contributed by atoms with E-state index in [-0.39, 0.29) is 6.61 Å². The lowest BCUT2D eigenvalue weighted by Crippen LogP contribution is -2.01. The van der Waals surface area contributed by atoms with Gasteiger partial charge in [-0.2, -0.15) is 0 Å². The normalized spacial score (nSPS) is 11.0. The number of aliphatic hydroxyl groups excluding tert-OH is 1. The number of hydrogen-bond donors (Lipinski definition) is 1. The molecular formula is C17H17NO. The summed E-state index contributed by atoms with van der Waals surface area (Å²) >= 11 is 0. The molecule has 0 atom stereocenters. The zero-order chi connectivity index (χ0) is 13.1. The summed E-state index contributed by atoms with van der Waals surface area (Å²) < 4.78 is 2.29. The van der Waals surface area contributed by atoms with Crippen LogP contribution in [0.3, 0.4) is 0 Å². The maximum absolute atomic E-state index is 9.09. The summed E-state index contributed by atoms with van der Waals surface area (Å²) in [6.45, 7) is 1.06. The van der Waals surface area contributed by atoms with Gasteiger partial charge in [-0.25, -0.2) is 0 Å². The first-order valence-corrected chi connectivity index (χ1v) is 6.65. The van der Waals surface area contributed by atoms with Gasteiger partial charge in [0, 0.05) is 29.7 Å². The summed E-state index contributed by atoms with van der Waals surface area (Å²) in [5.74, 6) is 0. The summed E-state index contributed by atoms with van der Waals surface area (Å²) in [5.41, 5.74) is 3.67. The molecule has 1 N–H and O–H groups in total. The average molecular weight is 251 g/mol. The molecular weight excluding hydrogens is 234 g/mol. The number of aliphatic hydroxyl groups is 1. The molecule has 19 heavy (non-hydrogen) atoms. The molecule has 0 saturated carbocycles. The van der Waals surface area contributed by atoms with Gasteiger partial charge in [0.25, 0.3) is 0 Å². The number of aromatic nitrogens is 1. The Kier molecular flexibility index (Phi) is 3.34. The van der Waals surface area contributed by atoms with Gasteiger partial charge in [0.15, 0.2) is 0 Å². The summed E-state index contributed by atoms with van der Waals surface area (Å²) in [7, 11) is 0. The van der Waals surface area contributed by atoms with Crippen LogP contribution in [0, 0.1) is 0 Å². The van der Waals surface area contributed by atoms with Crippen LogP contribution in [0.1, 0.15) is 6.42 Å². The quantitative estimate of drug-likeness (QED) is 0.751. The van der Waals surface area contributed by atoms with Crippen molar-refractivity contribution >= 4 is 10.9 Å². The molecule has 1 heterocycles. The smallest absolute Gasteiger partial charge is 0.0491 e. The van der Waals surface area contributed by atoms with Crippen molar-refractivity contribution in [3.05, 3.63) is 60.7 Å². The third-order valence-corrected chi connectivity index (χ3v) is 3.42. The molecule has 2 nitrogen and oxygen atoms in total. The van der Waals surface area contributed by atoms with Crippen LogP contribution in [-0.2, 0) is 6.54 Å². The highest BCUT2D eigenvalue weighted by Crippen LogP contribution is 2.28. The first-order chi connectivity index (χ1) is 9.40. The molecule has 0 aliphatic carbocycles. The van der Waals surface area contributed by atoms with Crippen molar-refractivity contribution in [2.24, 2.45) is 0 Å². The van der Waals surface area contributed by atoms with E-state index in [0.717, 1.165) is 13.0 Å². The fraction of sp³-hybridized carbons (Fsp3) is 0.176. The molecule has 0 spiro atoms. The molecule has 0 aliphatic heterocycles. The van der Waals surface area contributed by atoms with E-state index >= 15 is 0 Å². The molecule has 0 aliphatic rings. The molecule has 0 bridgehead atoms. The zero-order valence-electron chi connectivity index (χ0n) is 10.8. The van der Waals surface area contributed by atoms with Crippen LogP contribution in [0.5, 0.6) is 0 Å². The topological polar surface area (TPSA) is 25.2 Å². The van der Waals surface area contributed by atoms with E-state index < -0.39 is 0 Å². The Hall–Kier alpha value is -2.06. The van der Waals surface area contributed by atoms with E-state index in [9.17, 15) is 0 Å². The van der Waals surface area contributed by atoms with Crippen molar-refractivity contribution in [1.82, 2.24) is 4.57 Å². The second-order valence-corrected chi connectivity index (χ2v) is 4.68. The van der Waals surface area contributed by atoms with Gasteiger partial charge >= 0.3 is 0 Å². The van der Waals surface area contributed by atoms with E-state index in [0.29, 0.717) is 0 Å². The van der Waals surface area contributed by atoms with Gasteiger partial charge in [-0.1, -0.05) is 48.5 Å². The van der Waals surface area contributed by atoms with Gasteiger partial charge in [-0.05, 0) is 24.1 Å². The number of para-hydroxylation sites is 1. The van der Waals surface area contributed by atoms with Crippen LogP contribution < -0.4 is 0 Å². The molecule has 3 aromatic rings. The second kappa shape index (κ2) is 5.29. The summed E-state index contributed by atoms with van der Waals surface area (Å²) in [5, 5.41) is 10.3. The van der Waals surface area contributed by atoms with Crippen LogP contribution in [0.15, 0.2) is 60.7 Å². The van der Waals surface area contributed by atoms with Crippen LogP contribution >= 0.6 is 0 Å². The van der Waals surface area contributed by atoms with Gasteiger partial charge in [0.1, 0.15) is 0 Å². The summed E-state index contributed by atoms with van der Waals surface area (Å²) in [6.07, 6.45) is 0.776. The van der Waals surface area contributed by atoms with E-state index in [4.69, 9.17) is 5.11 Å². The zero-order valence-corrected chi connectivity index (χ0v) is 10.8. The number of benzene rings is 2. The average Bonchev–Trinajstić information content (AvgIpc) is 2.85. The Bertz CT molecular complexity index is 670. The maximum atomic E-state index is 9.09. The summed E-state index contributed by atoms with van der Waals surface area (Å²) in [6, 6.07) is 21.0. The minimum atomic E-state index is 0.223. The number of rotatable bonds is 4. The molecule has 2 heteroatoms. The SMILES string of the molecule is OCCCn1c(-c2ccccc2)cc2ccccc21. The molecule has 1 aromatic heterocycles. The number of nitrogens with zero attached hydrogens (tertiary/aromatic N) is 1. The molecule has 0 saturated heterocycles. The van der Waals surface area contributed by atoms with Crippen molar-refractivity contribution in [2.45, 2.75) is 13.0 Å². The van der Waals surface area contributed by atoms with Crippen molar-refractivity contribution in [3.63, 3.8) is 0 Å². The lowest BCUT2D eigenvalue weighted by molar-refractivity contribution is 0.281. The van der Waals surface area contributed by atoms with Gasteiger partial charge in [-0.15, -0.1) is 0 Å². The molecule has 2 aromatic carbocycles. The number of fused-ring (bicyclic) bond motifs is 1. The predicted molar refractivity (Wildman–Crippen MR) is 79.1 cm³/mol. The van der Waals surface area contributed by atoms with Crippen LogP contribution in [0.4, 0.5) is 0 Å². The molecule has 3 rings (SSSR count). The van der Waals surface area contributed by atoms with Crippen LogP contribution in [-0.4, -0.2) is 16.3 Å². The third-order valence-electron chi connectivity index (χ3n) is 3.42. The number of hydrogen-bond acceptors (Lipinski definition) is 1. The minimum Gasteiger partial charge on any atom is -0.396 e. The minimum absolute atomic E-state index is 0.223. The van der Waals surface area contributed by atoms with Crippen LogP contribution in [0.2, 0.25) is 0 Å². The Balaban J connectivity index is 2.17. The molecule has 0 radical (unpaired) electrons. The largest absolute Gasteiger partial charge is 0.396 e. The molecule has 96 valence electrons. The van der Waals surface area contributed by atoms with E-state index in [1.54, 1.807) is 0 Å². The van der Waals surface area contributed by atoms with Gasteiger partial charge in [0.05, 0.1) is 0 Å². The lowest BCUT2D eigenvalue weighted by atomic mass is 10.1. The fourth-order valence-electron chi connectivity index (χ4n) is 2.53. The van der Waals surface area contributed by atoms with Gasteiger partial charge in [0.2, 0.25) is 0 Å².